The zero-order valence-corrected chi connectivity index (χ0v) is 9.98. The molecule has 2 nitrogen and oxygen atoms in total. The predicted molar refractivity (Wildman–Crippen MR) is 64.7 cm³/mol. The van der Waals surface area contributed by atoms with Crippen LogP contribution >= 0.6 is 8.03 Å². The monoisotopic (exact) mass is 226 g/mol. The van der Waals surface area contributed by atoms with Crippen LogP contribution in [0.3, 0.4) is 0 Å². The first-order chi connectivity index (χ1) is 7.29. The van der Waals surface area contributed by atoms with Gasteiger partial charge in [0, 0.05) is 6.16 Å². The van der Waals surface area contributed by atoms with Crippen molar-refractivity contribution in [2.45, 2.75) is 32.1 Å². The van der Waals surface area contributed by atoms with E-state index in [1.54, 1.807) is 0 Å². The molecule has 0 radical (unpaired) electrons. The molecule has 0 heterocycles. The van der Waals surface area contributed by atoms with Crippen LogP contribution in [0.1, 0.15) is 31.2 Å². The van der Waals surface area contributed by atoms with E-state index in [-0.39, 0.29) is 0 Å². The predicted octanol–water partition coefficient (Wildman–Crippen LogP) is 3.26. The van der Waals surface area contributed by atoms with E-state index in [1.165, 1.54) is 12.0 Å². The minimum atomic E-state index is -2.22. The molecular formula is C12H19O2P. The van der Waals surface area contributed by atoms with Crippen molar-refractivity contribution < 1.29 is 9.46 Å². The first-order valence-corrected chi connectivity index (χ1v) is 7.11. The number of unbranched alkanes of at least 4 members (excludes halogenated alkanes) is 3. The van der Waals surface area contributed by atoms with Gasteiger partial charge in [0.25, 0.3) is 0 Å². The molecule has 1 atom stereocenters. The van der Waals surface area contributed by atoms with Gasteiger partial charge in [-0.3, -0.25) is 4.57 Å². The molecule has 0 aliphatic carbocycles. The molecule has 0 fully saturated rings. The summed E-state index contributed by atoms with van der Waals surface area (Å²) in [6.45, 7) is 0. The fraction of sp³-hybridized carbons (Fsp3) is 0.500. The summed E-state index contributed by atoms with van der Waals surface area (Å²) in [5.74, 6) is 0. The molecule has 0 bridgehead atoms. The summed E-state index contributed by atoms with van der Waals surface area (Å²) in [6.07, 6.45) is 5.92. The highest BCUT2D eigenvalue weighted by Crippen LogP contribution is 2.16. The molecule has 1 aromatic carbocycles. The fourth-order valence-electron chi connectivity index (χ4n) is 1.60. The van der Waals surface area contributed by atoms with Crippen molar-refractivity contribution in [3.8, 4) is 0 Å². The van der Waals surface area contributed by atoms with Crippen LogP contribution in [0.2, 0.25) is 0 Å². The summed E-state index contributed by atoms with van der Waals surface area (Å²) in [4.78, 5) is 8.63. The maximum atomic E-state index is 10.4. The number of rotatable bonds is 7. The highest BCUT2D eigenvalue weighted by molar-refractivity contribution is 7.37. The summed E-state index contributed by atoms with van der Waals surface area (Å²) in [5.41, 5.74) is 1.38. The van der Waals surface area contributed by atoms with Gasteiger partial charge in [-0.1, -0.05) is 43.2 Å². The number of hydrogen-bond acceptors (Lipinski definition) is 1. The molecule has 0 saturated heterocycles. The van der Waals surface area contributed by atoms with Gasteiger partial charge < -0.3 is 4.89 Å². The van der Waals surface area contributed by atoms with Gasteiger partial charge in [-0.25, -0.2) is 0 Å². The molecule has 84 valence electrons. The minimum Gasteiger partial charge on any atom is -0.346 e. The molecule has 1 rings (SSSR count). The van der Waals surface area contributed by atoms with Crippen LogP contribution in [0.5, 0.6) is 0 Å². The molecule has 1 N–H and O–H groups in total. The Morgan fingerprint density at radius 1 is 1.00 bits per heavy atom. The lowest BCUT2D eigenvalue weighted by Crippen LogP contribution is -1.86. The van der Waals surface area contributed by atoms with Crippen LogP contribution in [0.25, 0.3) is 0 Å². The molecule has 15 heavy (non-hydrogen) atoms. The van der Waals surface area contributed by atoms with Crippen LogP contribution in [-0.4, -0.2) is 11.1 Å². The summed E-state index contributed by atoms with van der Waals surface area (Å²) < 4.78 is 10.4. The van der Waals surface area contributed by atoms with Crippen molar-refractivity contribution >= 4 is 8.03 Å². The summed E-state index contributed by atoms with van der Waals surface area (Å²) in [6, 6.07) is 10.4. The summed E-state index contributed by atoms with van der Waals surface area (Å²) in [7, 11) is -2.22. The first kappa shape index (κ1) is 12.5. The van der Waals surface area contributed by atoms with Crippen LogP contribution < -0.4 is 0 Å². The molecule has 0 aliphatic rings. The van der Waals surface area contributed by atoms with Crippen LogP contribution in [0.15, 0.2) is 30.3 Å². The quantitative estimate of drug-likeness (QED) is 0.572. The Morgan fingerprint density at radius 2 is 1.67 bits per heavy atom. The molecule has 3 heteroatoms. The Morgan fingerprint density at radius 3 is 2.33 bits per heavy atom. The Hall–Kier alpha value is -0.590. The Bertz CT molecular complexity index is 285. The second-order valence-electron chi connectivity index (χ2n) is 3.79. The van der Waals surface area contributed by atoms with Gasteiger partial charge in [0.15, 0.2) is 8.03 Å². The smallest absolute Gasteiger partial charge is 0.189 e. The highest BCUT2D eigenvalue weighted by atomic mass is 31.1. The van der Waals surface area contributed by atoms with Crippen molar-refractivity contribution in [3.05, 3.63) is 35.9 Å². The highest BCUT2D eigenvalue weighted by Gasteiger charge is 1.95. The molecule has 0 saturated carbocycles. The van der Waals surface area contributed by atoms with Gasteiger partial charge in [-0.2, -0.15) is 0 Å². The van der Waals surface area contributed by atoms with Gasteiger partial charge in [-0.05, 0) is 24.8 Å². The summed E-state index contributed by atoms with van der Waals surface area (Å²) >= 11 is 0. The van der Waals surface area contributed by atoms with Gasteiger partial charge in [0.2, 0.25) is 0 Å². The van der Waals surface area contributed by atoms with E-state index in [1.807, 2.05) is 6.07 Å². The average molecular weight is 226 g/mol. The Labute approximate surface area is 92.2 Å². The molecule has 1 aromatic rings. The second kappa shape index (κ2) is 7.67. The summed E-state index contributed by atoms with van der Waals surface area (Å²) in [5, 5.41) is 0. The van der Waals surface area contributed by atoms with E-state index in [0.717, 1.165) is 25.7 Å². The lowest BCUT2D eigenvalue weighted by atomic mass is 10.1. The number of hydrogen-bond donors (Lipinski definition) is 1. The van der Waals surface area contributed by atoms with Crippen LogP contribution in [-0.2, 0) is 11.0 Å². The third-order valence-corrected chi connectivity index (χ3v) is 3.23. The van der Waals surface area contributed by atoms with Crippen molar-refractivity contribution in [1.29, 1.82) is 0 Å². The van der Waals surface area contributed by atoms with Crippen LogP contribution in [0.4, 0.5) is 0 Å². The van der Waals surface area contributed by atoms with E-state index in [0.29, 0.717) is 6.16 Å². The van der Waals surface area contributed by atoms with E-state index in [2.05, 4.69) is 24.3 Å². The van der Waals surface area contributed by atoms with Crippen molar-refractivity contribution in [2.75, 3.05) is 6.16 Å². The van der Waals surface area contributed by atoms with Gasteiger partial charge in [0.05, 0.1) is 0 Å². The average Bonchev–Trinajstić information content (AvgIpc) is 2.24. The molecule has 0 aliphatic heterocycles. The number of aryl methyl sites for hydroxylation is 1. The fourth-order valence-corrected chi connectivity index (χ4v) is 2.16. The van der Waals surface area contributed by atoms with E-state index in [9.17, 15) is 4.57 Å². The SMILES string of the molecule is O=[PH](O)CCCCCCc1ccccc1. The zero-order chi connectivity index (χ0) is 10.9. The minimum absolute atomic E-state index is 0.496. The largest absolute Gasteiger partial charge is 0.346 e. The van der Waals surface area contributed by atoms with Gasteiger partial charge in [0.1, 0.15) is 0 Å². The third-order valence-electron chi connectivity index (χ3n) is 2.45. The lowest BCUT2D eigenvalue weighted by molar-refractivity contribution is 0.499. The Balaban J connectivity index is 2.00. The van der Waals surface area contributed by atoms with E-state index in [4.69, 9.17) is 4.89 Å². The van der Waals surface area contributed by atoms with Crippen molar-refractivity contribution in [3.63, 3.8) is 0 Å². The first-order valence-electron chi connectivity index (χ1n) is 5.55. The third kappa shape index (κ3) is 6.48. The van der Waals surface area contributed by atoms with Crippen molar-refractivity contribution in [2.24, 2.45) is 0 Å². The topological polar surface area (TPSA) is 37.3 Å². The molecular weight excluding hydrogens is 207 g/mol. The van der Waals surface area contributed by atoms with E-state index >= 15 is 0 Å². The number of benzene rings is 1. The second-order valence-corrected chi connectivity index (χ2v) is 5.08. The maximum absolute atomic E-state index is 10.4. The molecule has 0 aromatic heterocycles. The molecule has 1 unspecified atom stereocenters. The van der Waals surface area contributed by atoms with Crippen molar-refractivity contribution in [1.82, 2.24) is 0 Å². The van der Waals surface area contributed by atoms with E-state index < -0.39 is 8.03 Å². The molecule has 0 amide bonds. The normalized spacial score (nSPS) is 12.6. The standard InChI is InChI=1S/C12H19O2P/c13-15(14)11-7-2-1-4-8-12-9-5-3-6-10-12/h3,5-6,9-10,15H,1-2,4,7-8,11H2,(H,13,14). The Kier molecular flexibility index (Phi) is 6.38. The maximum Gasteiger partial charge on any atom is 0.189 e. The van der Waals surface area contributed by atoms with Gasteiger partial charge in [-0.15, -0.1) is 0 Å². The molecule has 0 spiro atoms. The zero-order valence-electron chi connectivity index (χ0n) is 8.98. The lowest BCUT2D eigenvalue weighted by Gasteiger charge is -2.01. The van der Waals surface area contributed by atoms with Gasteiger partial charge >= 0.3 is 0 Å². The van der Waals surface area contributed by atoms with Crippen LogP contribution in [0, 0.1) is 0 Å².